The molecule has 0 fully saturated rings. The minimum Gasteiger partial charge on any atom is -0.198 e. The Morgan fingerprint density at radius 2 is 2.27 bits per heavy atom. The lowest BCUT2D eigenvalue weighted by Crippen LogP contribution is -1.83. The summed E-state index contributed by atoms with van der Waals surface area (Å²) in [6.45, 7) is 0. The summed E-state index contributed by atoms with van der Waals surface area (Å²) in [5, 5.41) is 9.10. The highest BCUT2D eigenvalue weighted by Gasteiger charge is 1.98. The fourth-order valence-electron chi connectivity index (χ4n) is 0.764. The van der Waals surface area contributed by atoms with Crippen molar-refractivity contribution in [2.45, 2.75) is 6.42 Å². The molecule has 1 rings (SSSR count). The van der Waals surface area contributed by atoms with Gasteiger partial charge in [0.1, 0.15) is 0 Å². The van der Waals surface area contributed by atoms with Crippen LogP contribution in [0.1, 0.15) is 5.56 Å². The van der Waals surface area contributed by atoms with Gasteiger partial charge in [-0.1, -0.05) is 11.6 Å². The summed E-state index contributed by atoms with van der Waals surface area (Å²) in [7, 11) is 0. The second-order valence-corrected chi connectivity index (χ2v) is 3.72. The third kappa shape index (κ3) is 2.35. The molecule has 11 heavy (non-hydrogen) atoms. The average Bonchev–Trinajstić information content (AvgIpc) is 1.98. The van der Waals surface area contributed by atoms with E-state index in [0.717, 1.165) is 9.13 Å². The Balaban J connectivity index is 3.05. The third-order valence-electron chi connectivity index (χ3n) is 1.28. The average molecular weight is 277 g/mol. The molecule has 0 unspecified atom stereocenters. The molecule has 0 saturated carbocycles. The first-order valence-electron chi connectivity index (χ1n) is 3.05. The van der Waals surface area contributed by atoms with Crippen LogP contribution in [0.4, 0.5) is 0 Å². The van der Waals surface area contributed by atoms with Crippen molar-refractivity contribution in [3.8, 4) is 6.07 Å². The maximum atomic E-state index is 8.42. The van der Waals surface area contributed by atoms with Crippen molar-refractivity contribution in [2.24, 2.45) is 0 Å². The lowest BCUT2D eigenvalue weighted by atomic mass is 10.2. The molecule has 0 N–H and O–H groups in total. The van der Waals surface area contributed by atoms with Gasteiger partial charge in [-0.2, -0.15) is 5.26 Å². The molecule has 0 radical (unpaired) electrons. The summed E-state index contributed by atoms with van der Waals surface area (Å²) in [5.74, 6) is 0. The van der Waals surface area contributed by atoms with Gasteiger partial charge in [0.05, 0.1) is 12.5 Å². The molecule has 0 heterocycles. The van der Waals surface area contributed by atoms with Crippen molar-refractivity contribution >= 4 is 34.2 Å². The number of halogens is 2. The molecular weight excluding hydrogens is 272 g/mol. The zero-order valence-electron chi connectivity index (χ0n) is 5.64. The monoisotopic (exact) mass is 277 g/mol. The minimum atomic E-state index is 0.385. The SMILES string of the molecule is N#CCc1cc(I)ccc1Cl. The van der Waals surface area contributed by atoms with E-state index in [2.05, 4.69) is 28.7 Å². The molecule has 0 aromatic heterocycles. The summed E-state index contributed by atoms with van der Waals surface area (Å²) in [6, 6.07) is 7.72. The van der Waals surface area contributed by atoms with E-state index in [-0.39, 0.29) is 0 Å². The fourth-order valence-corrected chi connectivity index (χ4v) is 1.50. The first-order valence-corrected chi connectivity index (χ1v) is 4.50. The van der Waals surface area contributed by atoms with Crippen molar-refractivity contribution < 1.29 is 0 Å². The Bertz CT molecular complexity index is 303. The fraction of sp³-hybridized carbons (Fsp3) is 0.125. The number of nitriles is 1. The summed E-state index contributed by atoms with van der Waals surface area (Å²) in [6.07, 6.45) is 0.385. The van der Waals surface area contributed by atoms with Crippen LogP contribution in [0.2, 0.25) is 5.02 Å². The molecule has 1 aromatic rings. The van der Waals surface area contributed by atoms with E-state index in [4.69, 9.17) is 16.9 Å². The van der Waals surface area contributed by atoms with E-state index in [1.165, 1.54) is 0 Å². The summed E-state index contributed by atoms with van der Waals surface area (Å²) in [5.41, 5.74) is 0.904. The molecule has 0 amide bonds. The van der Waals surface area contributed by atoms with Gasteiger partial charge >= 0.3 is 0 Å². The van der Waals surface area contributed by atoms with Gasteiger partial charge in [0.15, 0.2) is 0 Å². The van der Waals surface area contributed by atoms with Crippen LogP contribution < -0.4 is 0 Å². The van der Waals surface area contributed by atoms with Crippen LogP contribution >= 0.6 is 34.2 Å². The van der Waals surface area contributed by atoms with Gasteiger partial charge < -0.3 is 0 Å². The predicted molar refractivity (Wildman–Crippen MR) is 53.5 cm³/mol. The van der Waals surface area contributed by atoms with Crippen LogP contribution in [0.5, 0.6) is 0 Å². The van der Waals surface area contributed by atoms with Crippen molar-refractivity contribution in [1.29, 1.82) is 5.26 Å². The molecule has 0 aliphatic rings. The number of benzene rings is 1. The van der Waals surface area contributed by atoms with E-state index in [1.807, 2.05) is 18.2 Å². The molecule has 0 atom stereocenters. The molecule has 0 saturated heterocycles. The zero-order valence-corrected chi connectivity index (χ0v) is 8.56. The maximum absolute atomic E-state index is 8.42. The number of nitrogens with zero attached hydrogens (tertiary/aromatic N) is 1. The third-order valence-corrected chi connectivity index (χ3v) is 2.32. The normalized spacial score (nSPS) is 9.18. The highest BCUT2D eigenvalue weighted by Crippen LogP contribution is 2.18. The largest absolute Gasteiger partial charge is 0.198 e. The molecule has 0 aliphatic carbocycles. The molecule has 3 heteroatoms. The second kappa shape index (κ2) is 3.93. The Morgan fingerprint density at radius 3 is 2.91 bits per heavy atom. The van der Waals surface area contributed by atoms with Crippen molar-refractivity contribution in [1.82, 2.24) is 0 Å². The summed E-state index contributed by atoms with van der Waals surface area (Å²) in [4.78, 5) is 0. The predicted octanol–water partition coefficient (Wildman–Crippen LogP) is 3.01. The summed E-state index contributed by atoms with van der Waals surface area (Å²) < 4.78 is 1.11. The Morgan fingerprint density at radius 1 is 1.55 bits per heavy atom. The first kappa shape index (κ1) is 8.82. The quantitative estimate of drug-likeness (QED) is 0.724. The second-order valence-electron chi connectivity index (χ2n) is 2.07. The molecule has 1 aromatic carbocycles. The molecule has 0 bridgehead atoms. The van der Waals surface area contributed by atoms with E-state index in [9.17, 15) is 0 Å². The highest BCUT2D eigenvalue weighted by atomic mass is 127. The number of hydrogen-bond donors (Lipinski definition) is 0. The Labute approximate surface area is 84.1 Å². The highest BCUT2D eigenvalue weighted by molar-refractivity contribution is 14.1. The standard InChI is InChI=1S/C8H5ClIN/c9-8-2-1-7(10)5-6(8)3-4-11/h1-2,5H,3H2. The maximum Gasteiger partial charge on any atom is 0.0670 e. The van der Waals surface area contributed by atoms with Crippen LogP contribution in [-0.2, 0) is 6.42 Å². The van der Waals surface area contributed by atoms with Crippen molar-refractivity contribution in [3.05, 3.63) is 32.4 Å². The van der Waals surface area contributed by atoms with Gasteiger partial charge in [0, 0.05) is 8.59 Å². The molecule has 56 valence electrons. The molecule has 0 aliphatic heterocycles. The Kier molecular flexibility index (Phi) is 3.16. The van der Waals surface area contributed by atoms with Crippen molar-refractivity contribution in [3.63, 3.8) is 0 Å². The van der Waals surface area contributed by atoms with Gasteiger partial charge in [-0.15, -0.1) is 0 Å². The smallest absolute Gasteiger partial charge is 0.0670 e. The van der Waals surface area contributed by atoms with Gasteiger partial charge in [-0.05, 0) is 46.4 Å². The van der Waals surface area contributed by atoms with E-state index < -0.39 is 0 Å². The minimum absolute atomic E-state index is 0.385. The van der Waals surface area contributed by atoms with Crippen LogP contribution in [0.3, 0.4) is 0 Å². The topological polar surface area (TPSA) is 23.8 Å². The first-order chi connectivity index (χ1) is 5.24. The number of rotatable bonds is 1. The van der Waals surface area contributed by atoms with Crippen molar-refractivity contribution in [2.75, 3.05) is 0 Å². The zero-order chi connectivity index (χ0) is 8.27. The van der Waals surface area contributed by atoms with Crippen LogP contribution in [0, 0.1) is 14.9 Å². The molecular formula is C8H5ClIN. The number of hydrogen-bond acceptors (Lipinski definition) is 1. The van der Waals surface area contributed by atoms with Gasteiger partial charge in [-0.3, -0.25) is 0 Å². The van der Waals surface area contributed by atoms with Gasteiger partial charge in [0.2, 0.25) is 0 Å². The van der Waals surface area contributed by atoms with Gasteiger partial charge in [0.25, 0.3) is 0 Å². The van der Waals surface area contributed by atoms with Crippen LogP contribution in [0.15, 0.2) is 18.2 Å². The van der Waals surface area contributed by atoms with E-state index in [0.29, 0.717) is 11.4 Å². The van der Waals surface area contributed by atoms with E-state index >= 15 is 0 Å². The summed E-state index contributed by atoms with van der Waals surface area (Å²) >= 11 is 8.01. The molecule has 1 nitrogen and oxygen atoms in total. The van der Waals surface area contributed by atoms with Crippen LogP contribution in [-0.4, -0.2) is 0 Å². The lowest BCUT2D eigenvalue weighted by molar-refractivity contribution is 1.26. The lowest BCUT2D eigenvalue weighted by Gasteiger charge is -1.98. The van der Waals surface area contributed by atoms with Gasteiger partial charge in [-0.25, -0.2) is 0 Å². The van der Waals surface area contributed by atoms with E-state index in [1.54, 1.807) is 0 Å². The van der Waals surface area contributed by atoms with Crippen LogP contribution in [0.25, 0.3) is 0 Å². The molecule has 0 spiro atoms. The Hall–Kier alpha value is -0.270.